The number of nitrogens with zero attached hydrogens (tertiary/aromatic N) is 1. The summed E-state index contributed by atoms with van der Waals surface area (Å²) in [6.07, 6.45) is 4.69. The van der Waals surface area contributed by atoms with Crippen molar-refractivity contribution in [3.05, 3.63) is 12.2 Å². The molecule has 13 heavy (non-hydrogen) atoms. The maximum absolute atomic E-state index is 11.2. The van der Waals surface area contributed by atoms with Crippen LogP contribution < -0.4 is 5.73 Å². The number of aliphatic imine (C=N–C) groups is 1. The molecule has 1 rings (SSSR count). The first-order chi connectivity index (χ1) is 6.00. The van der Waals surface area contributed by atoms with E-state index in [-0.39, 0.29) is 5.78 Å². The highest BCUT2D eigenvalue weighted by Gasteiger charge is 2.42. The third-order valence-electron chi connectivity index (χ3n) is 2.39. The molecule has 1 heterocycles. The summed E-state index contributed by atoms with van der Waals surface area (Å²) in [5.41, 5.74) is 4.07. The Balaban J connectivity index is 3.06. The van der Waals surface area contributed by atoms with Crippen LogP contribution in [0, 0.1) is 5.92 Å². The molecule has 0 fully saturated rings. The van der Waals surface area contributed by atoms with Crippen LogP contribution in [0.25, 0.3) is 0 Å². The number of allylic oxidation sites excluding steroid dienone is 1. The number of ketones is 1. The Labute approximate surface area is 76.5 Å². The van der Waals surface area contributed by atoms with Gasteiger partial charge in [0.25, 0.3) is 0 Å². The Hall–Kier alpha value is -1.45. The van der Waals surface area contributed by atoms with Crippen molar-refractivity contribution >= 4 is 17.9 Å². The third kappa shape index (κ3) is 1.39. The smallest absolute Gasteiger partial charge is 0.250 e. The summed E-state index contributed by atoms with van der Waals surface area (Å²) in [6, 6.07) is 0. The molecular weight excluding hydrogens is 168 g/mol. The van der Waals surface area contributed by atoms with Crippen molar-refractivity contribution < 1.29 is 9.59 Å². The number of Topliss-reactive ketones (excluding diaryl/α,β-unsaturated/α-hetero) is 1. The third-order valence-corrected chi connectivity index (χ3v) is 2.39. The molecule has 1 aliphatic heterocycles. The lowest BCUT2D eigenvalue weighted by Crippen LogP contribution is -2.47. The molecule has 0 aromatic carbocycles. The molecule has 2 N–H and O–H groups in total. The molecule has 2 unspecified atom stereocenters. The van der Waals surface area contributed by atoms with E-state index >= 15 is 0 Å². The maximum atomic E-state index is 11.2. The lowest BCUT2D eigenvalue weighted by atomic mass is 9.83. The number of amides is 1. The van der Waals surface area contributed by atoms with Gasteiger partial charge in [-0.15, -0.1) is 0 Å². The zero-order chi connectivity index (χ0) is 10.1. The summed E-state index contributed by atoms with van der Waals surface area (Å²) < 4.78 is 0. The van der Waals surface area contributed by atoms with Crippen molar-refractivity contribution in [1.29, 1.82) is 0 Å². The van der Waals surface area contributed by atoms with Gasteiger partial charge in [-0.2, -0.15) is 0 Å². The molecule has 4 nitrogen and oxygen atoms in total. The number of hydrogen-bond acceptors (Lipinski definition) is 3. The highest BCUT2D eigenvalue weighted by molar-refractivity contribution is 5.98. The van der Waals surface area contributed by atoms with Gasteiger partial charge in [0.15, 0.2) is 5.54 Å². The van der Waals surface area contributed by atoms with E-state index in [9.17, 15) is 9.59 Å². The maximum Gasteiger partial charge on any atom is 0.250 e. The number of rotatable bonds is 3. The van der Waals surface area contributed by atoms with E-state index < -0.39 is 17.4 Å². The highest BCUT2D eigenvalue weighted by atomic mass is 16.2. The number of carbonyl (C=O) groups is 2. The molecule has 0 aromatic heterocycles. The number of primary amides is 1. The minimum absolute atomic E-state index is 0.0949. The van der Waals surface area contributed by atoms with Crippen LogP contribution >= 0.6 is 0 Å². The van der Waals surface area contributed by atoms with Gasteiger partial charge in [-0.1, -0.05) is 6.92 Å². The quantitative estimate of drug-likeness (QED) is 0.667. The molecule has 0 saturated heterocycles. The second-order valence-electron chi connectivity index (χ2n) is 3.16. The van der Waals surface area contributed by atoms with Gasteiger partial charge in [-0.25, -0.2) is 0 Å². The van der Waals surface area contributed by atoms with Crippen LogP contribution in [-0.2, 0) is 9.59 Å². The first-order valence-electron chi connectivity index (χ1n) is 4.04. The Morgan fingerprint density at radius 3 is 2.46 bits per heavy atom. The van der Waals surface area contributed by atoms with Crippen LogP contribution in [0.5, 0.6) is 0 Å². The SMILES string of the molecule is CC(=O)C(C)C1(C(N)=O)C=CC=N1. The summed E-state index contributed by atoms with van der Waals surface area (Å²) in [5.74, 6) is -1.18. The predicted molar refractivity (Wildman–Crippen MR) is 49.4 cm³/mol. The van der Waals surface area contributed by atoms with Crippen molar-refractivity contribution in [2.75, 3.05) is 0 Å². The number of hydrogen-bond donors (Lipinski definition) is 1. The van der Waals surface area contributed by atoms with Gasteiger partial charge < -0.3 is 5.73 Å². The summed E-state index contributed by atoms with van der Waals surface area (Å²) in [6.45, 7) is 3.08. The van der Waals surface area contributed by atoms with Crippen molar-refractivity contribution in [3.63, 3.8) is 0 Å². The first-order valence-corrected chi connectivity index (χ1v) is 4.04. The average molecular weight is 180 g/mol. The van der Waals surface area contributed by atoms with Gasteiger partial charge in [-0.05, 0) is 19.1 Å². The topological polar surface area (TPSA) is 72.5 Å². The van der Waals surface area contributed by atoms with Crippen LogP contribution in [0.3, 0.4) is 0 Å². The van der Waals surface area contributed by atoms with Gasteiger partial charge in [0, 0.05) is 6.21 Å². The van der Waals surface area contributed by atoms with Gasteiger partial charge in [0.2, 0.25) is 5.91 Å². The minimum atomic E-state index is -1.15. The Morgan fingerprint density at radius 1 is 1.54 bits per heavy atom. The van der Waals surface area contributed by atoms with Gasteiger partial charge >= 0.3 is 0 Å². The molecule has 0 spiro atoms. The molecule has 0 saturated carbocycles. The highest BCUT2D eigenvalue weighted by Crippen LogP contribution is 2.27. The van der Waals surface area contributed by atoms with E-state index in [0.717, 1.165) is 0 Å². The Bertz CT molecular complexity index is 293. The summed E-state index contributed by atoms with van der Waals surface area (Å²) >= 11 is 0. The van der Waals surface area contributed by atoms with Crippen molar-refractivity contribution in [2.24, 2.45) is 16.6 Å². The zero-order valence-electron chi connectivity index (χ0n) is 7.65. The summed E-state index contributed by atoms with van der Waals surface area (Å²) in [7, 11) is 0. The van der Waals surface area contributed by atoms with Gasteiger partial charge in [0.1, 0.15) is 5.78 Å². The van der Waals surface area contributed by atoms with E-state index in [1.54, 1.807) is 19.1 Å². The Morgan fingerprint density at radius 2 is 2.15 bits per heavy atom. The predicted octanol–water partition coefficient (Wildman–Crippen LogP) is 0.0762. The van der Waals surface area contributed by atoms with E-state index in [0.29, 0.717) is 0 Å². The molecule has 2 atom stereocenters. The molecule has 0 aromatic rings. The average Bonchev–Trinajstić information content (AvgIpc) is 2.51. The molecule has 70 valence electrons. The van der Waals surface area contributed by atoms with E-state index in [4.69, 9.17) is 5.73 Å². The lowest BCUT2D eigenvalue weighted by molar-refractivity contribution is -0.129. The normalized spacial score (nSPS) is 27.5. The monoisotopic (exact) mass is 180 g/mol. The molecule has 0 aliphatic carbocycles. The second kappa shape index (κ2) is 3.12. The molecule has 4 heteroatoms. The van der Waals surface area contributed by atoms with E-state index in [2.05, 4.69) is 4.99 Å². The molecule has 0 bridgehead atoms. The van der Waals surface area contributed by atoms with Crippen LogP contribution in [0.4, 0.5) is 0 Å². The summed E-state index contributed by atoms with van der Waals surface area (Å²) in [4.78, 5) is 26.3. The second-order valence-corrected chi connectivity index (χ2v) is 3.16. The largest absolute Gasteiger partial charge is 0.367 e. The fraction of sp³-hybridized carbons (Fsp3) is 0.444. The van der Waals surface area contributed by atoms with E-state index in [1.807, 2.05) is 0 Å². The standard InChI is InChI=1S/C9H12N2O2/c1-6(7(2)12)9(8(10)13)4-3-5-11-9/h3-6H,1-2H3,(H2,10,13). The fourth-order valence-electron chi connectivity index (χ4n) is 1.32. The molecule has 0 radical (unpaired) electrons. The van der Waals surface area contributed by atoms with Crippen LogP contribution in [0.2, 0.25) is 0 Å². The van der Waals surface area contributed by atoms with Crippen molar-refractivity contribution in [1.82, 2.24) is 0 Å². The van der Waals surface area contributed by atoms with Crippen LogP contribution in [-0.4, -0.2) is 23.4 Å². The zero-order valence-corrected chi connectivity index (χ0v) is 7.65. The lowest BCUT2D eigenvalue weighted by Gasteiger charge is -2.25. The molecule has 1 amide bonds. The molecule has 1 aliphatic rings. The van der Waals surface area contributed by atoms with Crippen LogP contribution in [0.15, 0.2) is 17.1 Å². The number of carbonyl (C=O) groups excluding carboxylic acids is 2. The number of nitrogens with two attached hydrogens (primary N) is 1. The first kappa shape index (κ1) is 9.64. The van der Waals surface area contributed by atoms with E-state index in [1.165, 1.54) is 13.1 Å². The fourth-order valence-corrected chi connectivity index (χ4v) is 1.32. The van der Waals surface area contributed by atoms with Crippen LogP contribution in [0.1, 0.15) is 13.8 Å². The summed E-state index contributed by atoms with van der Waals surface area (Å²) in [5, 5.41) is 0. The van der Waals surface area contributed by atoms with Crippen molar-refractivity contribution in [3.8, 4) is 0 Å². The Kier molecular flexibility index (Phi) is 2.32. The van der Waals surface area contributed by atoms with Crippen molar-refractivity contribution in [2.45, 2.75) is 19.4 Å². The van der Waals surface area contributed by atoms with Gasteiger partial charge in [-0.3, -0.25) is 14.6 Å². The van der Waals surface area contributed by atoms with Gasteiger partial charge in [0.05, 0.1) is 5.92 Å². The molecular formula is C9H12N2O2. The minimum Gasteiger partial charge on any atom is -0.367 e.